The van der Waals surface area contributed by atoms with Crippen molar-refractivity contribution < 1.29 is 27.9 Å². The average Bonchev–Trinajstić information content (AvgIpc) is 2.42. The summed E-state index contributed by atoms with van der Waals surface area (Å²) in [5.74, 6) is -1.43. The third-order valence-corrected chi connectivity index (χ3v) is 3.48. The smallest absolute Gasteiger partial charge is 0.330 e. The normalized spacial score (nSPS) is 12.5. The molecule has 1 unspecified atom stereocenters. The number of hydrogen-bond acceptors (Lipinski definition) is 6. The van der Waals surface area contributed by atoms with Crippen LogP contribution in [-0.4, -0.2) is 51.4 Å². The third-order valence-electron chi connectivity index (χ3n) is 2.62. The molecule has 116 valence electrons. The minimum absolute atomic E-state index is 0.115. The zero-order valence-corrected chi connectivity index (χ0v) is 12.5. The van der Waals surface area contributed by atoms with E-state index in [1.165, 1.54) is 24.3 Å². The van der Waals surface area contributed by atoms with E-state index >= 15 is 0 Å². The van der Waals surface area contributed by atoms with Crippen molar-refractivity contribution in [1.82, 2.24) is 5.32 Å². The lowest BCUT2D eigenvalue weighted by Crippen LogP contribution is -2.44. The van der Waals surface area contributed by atoms with Crippen molar-refractivity contribution in [2.24, 2.45) is 0 Å². The van der Waals surface area contributed by atoms with Crippen LogP contribution in [-0.2, 0) is 25.1 Å². The highest BCUT2D eigenvalue weighted by Gasteiger charge is 2.21. The molecule has 0 aromatic heterocycles. The van der Waals surface area contributed by atoms with Gasteiger partial charge in [0.2, 0.25) is 0 Å². The van der Waals surface area contributed by atoms with Crippen LogP contribution in [0.2, 0.25) is 0 Å². The molecule has 0 aliphatic heterocycles. The van der Waals surface area contributed by atoms with Gasteiger partial charge in [0.1, 0.15) is 0 Å². The summed E-state index contributed by atoms with van der Waals surface area (Å²) in [7, 11) is -1.99. The monoisotopic (exact) mass is 315 g/mol. The Morgan fingerprint density at radius 3 is 2.29 bits per heavy atom. The van der Waals surface area contributed by atoms with E-state index in [0.29, 0.717) is 5.56 Å². The molecular weight excluding hydrogens is 298 g/mol. The maximum absolute atomic E-state index is 11.9. The van der Waals surface area contributed by atoms with Crippen molar-refractivity contribution in [3.8, 4) is 0 Å². The Kier molecular flexibility index (Phi) is 5.86. The average molecular weight is 315 g/mol. The number of sulfone groups is 1. The third kappa shape index (κ3) is 5.52. The molecule has 0 spiro atoms. The molecule has 0 aliphatic rings. The zero-order chi connectivity index (χ0) is 16.0. The maximum Gasteiger partial charge on any atom is 0.330 e. The van der Waals surface area contributed by atoms with Crippen molar-refractivity contribution in [2.45, 2.75) is 11.8 Å². The number of nitrogens with one attached hydrogen (secondary N) is 1. The van der Waals surface area contributed by atoms with E-state index in [1.54, 1.807) is 0 Å². The van der Waals surface area contributed by atoms with Gasteiger partial charge in [-0.15, -0.1) is 0 Å². The standard InChI is InChI=1S/C13H17NO6S/c1-20-13(17)11(7-15)14-12(16)10-5-3-9(4-6-10)8-21(2,18)19/h3-6,11,15H,7-8H2,1-2H3,(H,14,16). The van der Waals surface area contributed by atoms with Crippen LogP contribution in [0.3, 0.4) is 0 Å². The summed E-state index contributed by atoms with van der Waals surface area (Å²) in [5.41, 5.74) is 0.801. The number of benzene rings is 1. The lowest BCUT2D eigenvalue weighted by Gasteiger charge is -2.13. The molecule has 0 radical (unpaired) electrons. The SMILES string of the molecule is COC(=O)C(CO)NC(=O)c1ccc(CS(C)(=O)=O)cc1. The molecule has 0 bridgehead atoms. The van der Waals surface area contributed by atoms with Gasteiger partial charge in [0.25, 0.3) is 5.91 Å². The fourth-order valence-electron chi connectivity index (χ4n) is 1.62. The number of aliphatic hydroxyl groups is 1. The van der Waals surface area contributed by atoms with Crippen LogP contribution in [0.1, 0.15) is 15.9 Å². The van der Waals surface area contributed by atoms with Crippen LogP contribution in [0.5, 0.6) is 0 Å². The van der Waals surface area contributed by atoms with E-state index in [4.69, 9.17) is 5.11 Å². The number of carbonyl (C=O) groups is 2. The predicted octanol–water partition coefficient (Wildman–Crippen LogP) is -0.505. The van der Waals surface area contributed by atoms with Crippen LogP contribution in [0.25, 0.3) is 0 Å². The van der Waals surface area contributed by atoms with E-state index in [-0.39, 0.29) is 11.3 Å². The largest absolute Gasteiger partial charge is 0.467 e. The number of ether oxygens (including phenoxy) is 1. The summed E-state index contributed by atoms with van der Waals surface area (Å²) in [6.45, 7) is -0.579. The van der Waals surface area contributed by atoms with Gasteiger partial charge < -0.3 is 15.2 Å². The second-order valence-corrected chi connectivity index (χ2v) is 6.64. The first kappa shape index (κ1) is 17.1. The van der Waals surface area contributed by atoms with Crippen molar-refractivity contribution in [2.75, 3.05) is 20.0 Å². The van der Waals surface area contributed by atoms with Crippen LogP contribution in [0, 0.1) is 0 Å². The van der Waals surface area contributed by atoms with Gasteiger partial charge in [-0.2, -0.15) is 0 Å². The van der Waals surface area contributed by atoms with Crippen LogP contribution in [0.15, 0.2) is 24.3 Å². The Balaban J connectivity index is 2.77. The summed E-state index contributed by atoms with van der Waals surface area (Å²) in [6.07, 6.45) is 1.12. The lowest BCUT2D eigenvalue weighted by atomic mass is 10.1. The van der Waals surface area contributed by atoms with Crippen molar-refractivity contribution in [1.29, 1.82) is 0 Å². The first-order valence-corrected chi connectivity index (χ1v) is 8.09. The number of rotatable bonds is 6. The molecule has 0 heterocycles. The highest BCUT2D eigenvalue weighted by Crippen LogP contribution is 2.08. The molecule has 0 saturated carbocycles. The van der Waals surface area contributed by atoms with Crippen molar-refractivity contribution in [3.05, 3.63) is 35.4 Å². The lowest BCUT2D eigenvalue weighted by molar-refractivity contribution is -0.143. The van der Waals surface area contributed by atoms with Gasteiger partial charge >= 0.3 is 5.97 Å². The second-order valence-electron chi connectivity index (χ2n) is 4.50. The molecule has 1 aromatic rings. The van der Waals surface area contributed by atoms with E-state index in [2.05, 4.69) is 10.1 Å². The molecule has 1 atom stereocenters. The summed E-state index contributed by atoms with van der Waals surface area (Å²) >= 11 is 0. The van der Waals surface area contributed by atoms with Gasteiger partial charge in [-0.25, -0.2) is 13.2 Å². The minimum Gasteiger partial charge on any atom is -0.467 e. The Bertz CT molecular complexity index is 608. The van der Waals surface area contributed by atoms with Gasteiger partial charge in [0, 0.05) is 11.8 Å². The van der Waals surface area contributed by atoms with E-state index < -0.39 is 34.4 Å². The number of amides is 1. The number of esters is 1. The summed E-state index contributed by atoms with van der Waals surface area (Å²) in [5, 5.41) is 11.3. The van der Waals surface area contributed by atoms with E-state index in [1.807, 2.05) is 0 Å². The zero-order valence-electron chi connectivity index (χ0n) is 11.7. The molecule has 21 heavy (non-hydrogen) atoms. The van der Waals surface area contributed by atoms with Crippen molar-refractivity contribution >= 4 is 21.7 Å². The Labute approximate surface area is 122 Å². The highest BCUT2D eigenvalue weighted by molar-refractivity contribution is 7.89. The quantitative estimate of drug-likeness (QED) is 0.685. The van der Waals surface area contributed by atoms with Gasteiger partial charge in [0.05, 0.1) is 19.5 Å². The molecule has 1 amide bonds. The molecule has 1 aromatic carbocycles. The molecule has 7 nitrogen and oxygen atoms in total. The number of carbonyl (C=O) groups excluding carboxylic acids is 2. The molecular formula is C13H17NO6S. The van der Waals surface area contributed by atoms with Gasteiger partial charge in [-0.05, 0) is 17.7 Å². The fourth-order valence-corrected chi connectivity index (χ4v) is 2.42. The van der Waals surface area contributed by atoms with Crippen LogP contribution < -0.4 is 5.32 Å². The molecule has 0 fully saturated rings. The molecule has 0 saturated heterocycles. The molecule has 2 N–H and O–H groups in total. The summed E-state index contributed by atoms with van der Waals surface area (Å²) in [6, 6.07) is 4.78. The number of methoxy groups -OCH3 is 1. The Morgan fingerprint density at radius 2 is 1.86 bits per heavy atom. The predicted molar refractivity (Wildman–Crippen MR) is 75.3 cm³/mol. The van der Waals surface area contributed by atoms with E-state index in [9.17, 15) is 18.0 Å². The molecule has 0 aliphatic carbocycles. The molecule has 1 rings (SSSR count). The number of aliphatic hydroxyl groups excluding tert-OH is 1. The maximum atomic E-state index is 11.9. The van der Waals surface area contributed by atoms with Crippen LogP contribution in [0.4, 0.5) is 0 Å². The highest BCUT2D eigenvalue weighted by atomic mass is 32.2. The van der Waals surface area contributed by atoms with Gasteiger partial charge in [0.15, 0.2) is 15.9 Å². The van der Waals surface area contributed by atoms with Gasteiger partial charge in [-0.3, -0.25) is 4.79 Å². The number of hydrogen-bond donors (Lipinski definition) is 2. The second kappa shape index (κ2) is 7.19. The van der Waals surface area contributed by atoms with E-state index in [0.717, 1.165) is 13.4 Å². The van der Waals surface area contributed by atoms with Gasteiger partial charge in [-0.1, -0.05) is 12.1 Å². The summed E-state index contributed by atoms with van der Waals surface area (Å²) in [4.78, 5) is 23.1. The fraction of sp³-hybridized carbons (Fsp3) is 0.385. The summed E-state index contributed by atoms with van der Waals surface area (Å²) < 4.78 is 26.7. The Morgan fingerprint density at radius 1 is 1.29 bits per heavy atom. The Hall–Kier alpha value is -1.93. The minimum atomic E-state index is -3.14. The first-order chi connectivity index (χ1) is 9.76. The molecule has 8 heteroatoms. The van der Waals surface area contributed by atoms with Crippen molar-refractivity contribution in [3.63, 3.8) is 0 Å². The first-order valence-electron chi connectivity index (χ1n) is 6.03. The van der Waals surface area contributed by atoms with Crippen LogP contribution >= 0.6 is 0 Å². The topological polar surface area (TPSA) is 110 Å².